The van der Waals surface area contributed by atoms with E-state index < -0.39 is 5.82 Å². The fourth-order valence-electron chi connectivity index (χ4n) is 1.63. The average Bonchev–Trinajstić information content (AvgIpc) is 2.40. The number of hydrogen-bond acceptors (Lipinski definition) is 5. The molecule has 3 N–H and O–H groups in total. The topological polar surface area (TPSA) is 73.1 Å². The summed E-state index contributed by atoms with van der Waals surface area (Å²) in [5.41, 5.74) is 6.23. The SMILES string of the molecule is CCOCc1nc(N)cc(Nc2c(Cl)cc(F)cc2Br)n1. The van der Waals surface area contributed by atoms with E-state index in [4.69, 9.17) is 22.1 Å². The van der Waals surface area contributed by atoms with Crippen molar-refractivity contribution in [1.82, 2.24) is 9.97 Å². The summed E-state index contributed by atoms with van der Waals surface area (Å²) >= 11 is 9.26. The van der Waals surface area contributed by atoms with E-state index in [0.717, 1.165) is 0 Å². The summed E-state index contributed by atoms with van der Waals surface area (Å²) in [4.78, 5) is 8.34. The molecule has 5 nitrogen and oxygen atoms in total. The molecule has 0 fully saturated rings. The van der Waals surface area contributed by atoms with Gasteiger partial charge in [0.1, 0.15) is 24.1 Å². The minimum atomic E-state index is -0.434. The molecule has 21 heavy (non-hydrogen) atoms. The molecule has 0 bridgehead atoms. The summed E-state index contributed by atoms with van der Waals surface area (Å²) in [5, 5.41) is 3.22. The Hall–Kier alpha value is -1.44. The van der Waals surface area contributed by atoms with Crippen molar-refractivity contribution >= 4 is 44.9 Å². The zero-order valence-electron chi connectivity index (χ0n) is 11.2. The van der Waals surface area contributed by atoms with Crippen LogP contribution in [-0.2, 0) is 11.3 Å². The first-order valence-corrected chi connectivity index (χ1v) is 7.29. The van der Waals surface area contributed by atoms with E-state index in [-0.39, 0.29) is 11.6 Å². The summed E-state index contributed by atoms with van der Waals surface area (Å²) in [6, 6.07) is 4.07. The number of rotatable bonds is 5. The Balaban J connectivity index is 2.29. The number of anilines is 3. The van der Waals surface area contributed by atoms with Gasteiger partial charge in [0, 0.05) is 17.1 Å². The zero-order valence-corrected chi connectivity index (χ0v) is 13.5. The van der Waals surface area contributed by atoms with Crippen molar-refractivity contribution in [1.29, 1.82) is 0 Å². The molecular formula is C13H13BrClFN4O. The third kappa shape index (κ3) is 4.26. The number of benzene rings is 1. The van der Waals surface area contributed by atoms with Gasteiger partial charge in [0.05, 0.1) is 10.7 Å². The maximum atomic E-state index is 13.2. The molecule has 1 aromatic carbocycles. The van der Waals surface area contributed by atoms with Crippen molar-refractivity contribution in [2.24, 2.45) is 0 Å². The van der Waals surface area contributed by atoms with Crippen LogP contribution in [0, 0.1) is 5.82 Å². The molecule has 0 aliphatic heterocycles. The molecule has 0 aliphatic carbocycles. The average molecular weight is 376 g/mol. The highest BCUT2D eigenvalue weighted by Gasteiger charge is 2.10. The molecule has 2 aromatic rings. The predicted octanol–water partition coefficient (Wildman–Crippen LogP) is 3.89. The summed E-state index contributed by atoms with van der Waals surface area (Å²) < 4.78 is 18.9. The van der Waals surface area contributed by atoms with Gasteiger partial charge in [0.2, 0.25) is 0 Å². The fourth-order valence-corrected chi connectivity index (χ4v) is 2.53. The molecule has 0 radical (unpaired) electrons. The van der Waals surface area contributed by atoms with Crippen LogP contribution in [0.5, 0.6) is 0 Å². The zero-order chi connectivity index (χ0) is 15.4. The quantitative estimate of drug-likeness (QED) is 0.829. The second-order valence-corrected chi connectivity index (χ2v) is 5.36. The second kappa shape index (κ2) is 7.02. The molecule has 0 aliphatic rings. The number of nitrogens with two attached hydrogens (primary N) is 1. The van der Waals surface area contributed by atoms with Gasteiger partial charge in [-0.3, -0.25) is 0 Å². The Bertz CT molecular complexity index is 633. The van der Waals surface area contributed by atoms with E-state index in [0.29, 0.717) is 34.2 Å². The highest BCUT2D eigenvalue weighted by atomic mass is 79.9. The molecule has 8 heteroatoms. The van der Waals surface area contributed by atoms with Crippen LogP contribution in [0.15, 0.2) is 22.7 Å². The molecule has 1 heterocycles. The normalized spacial score (nSPS) is 10.7. The Morgan fingerprint density at radius 1 is 1.38 bits per heavy atom. The van der Waals surface area contributed by atoms with Crippen molar-refractivity contribution < 1.29 is 9.13 Å². The van der Waals surface area contributed by atoms with Gasteiger partial charge in [0.15, 0.2) is 5.82 Å². The molecule has 0 saturated heterocycles. The molecule has 1 aromatic heterocycles. The summed E-state index contributed by atoms with van der Waals surface area (Å²) in [7, 11) is 0. The Kier molecular flexibility index (Phi) is 5.33. The number of hydrogen-bond donors (Lipinski definition) is 2. The summed E-state index contributed by atoms with van der Waals surface area (Å²) in [5.74, 6) is 0.772. The monoisotopic (exact) mass is 374 g/mol. The van der Waals surface area contributed by atoms with Gasteiger partial charge in [-0.15, -0.1) is 0 Å². The molecule has 0 amide bonds. The van der Waals surface area contributed by atoms with Crippen molar-refractivity contribution in [2.75, 3.05) is 17.7 Å². The first-order chi connectivity index (χ1) is 9.99. The maximum absolute atomic E-state index is 13.2. The Morgan fingerprint density at radius 2 is 2.14 bits per heavy atom. The smallest absolute Gasteiger partial charge is 0.158 e. The first-order valence-electron chi connectivity index (χ1n) is 6.12. The molecule has 0 unspecified atom stereocenters. The van der Waals surface area contributed by atoms with Crippen molar-refractivity contribution in [2.45, 2.75) is 13.5 Å². The number of halogens is 3. The molecule has 2 rings (SSSR count). The number of aromatic nitrogens is 2. The van der Waals surface area contributed by atoms with Gasteiger partial charge in [-0.2, -0.15) is 0 Å². The third-order valence-corrected chi connectivity index (χ3v) is 3.41. The van der Waals surface area contributed by atoms with Crippen molar-refractivity contribution in [3.8, 4) is 0 Å². The lowest BCUT2D eigenvalue weighted by atomic mass is 10.3. The van der Waals surface area contributed by atoms with E-state index >= 15 is 0 Å². The molecular weight excluding hydrogens is 363 g/mol. The summed E-state index contributed by atoms with van der Waals surface area (Å²) in [6.07, 6.45) is 0. The summed E-state index contributed by atoms with van der Waals surface area (Å²) in [6.45, 7) is 2.69. The van der Waals surface area contributed by atoms with E-state index in [2.05, 4.69) is 31.2 Å². The van der Waals surface area contributed by atoms with Gasteiger partial charge >= 0.3 is 0 Å². The Morgan fingerprint density at radius 3 is 2.81 bits per heavy atom. The number of nitrogens with zero attached hydrogens (tertiary/aromatic N) is 2. The van der Waals surface area contributed by atoms with Crippen LogP contribution in [0.3, 0.4) is 0 Å². The van der Waals surface area contributed by atoms with Crippen LogP contribution in [0.25, 0.3) is 0 Å². The van der Waals surface area contributed by atoms with Crippen molar-refractivity contribution in [3.05, 3.63) is 39.3 Å². The van der Waals surface area contributed by atoms with Gasteiger partial charge in [0.25, 0.3) is 0 Å². The standard InChI is InChI=1S/C13H13BrClFN4O/c1-2-21-6-12-18-10(17)5-11(19-12)20-13-8(14)3-7(16)4-9(13)15/h3-5H,2,6H2,1H3,(H3,17,18,19,20). The van der Waals surface area contributed by atoms with E-state index in [1.54, 1.807) is 6.07 Å². The van der Waals surface area contributed by atoms with E-state index in [1.165, 1.54) is 12.1 Å². The van der Waals surface area contributed by atoms with Crippen LogP contribution in [0.1, 0.15) is 12.7 Å². The molecule has 0 spiro atoms. The number of nitrogen functional groups attached to an aromatic ring is 1. The largest absolute Gasteiger partial charge is 0.384 e. The van der Waals surface area contributed by atoms with Gasteiger partial charge < -0.3 is 15.8 Å². The minimum absolute atomic E-state index is 0.227. The fraction of sp³-hybridized carbons (Fsp3) is 0.231. The Labute approximate surface area is 134 Å². The highest BCUT2D eigenvalue weighted by Crippen LogP contribution is 2.33. The molecule has 0 atom stereocenters. The number of nitrogens with one attached hydrogen (secondary N) is 1. The lowest BCUT2D eigenvalue weighted by Gasteiger charge is -2.11. The third-order valence-electron chi connectivity index (χ3n) is 2.49. The second-order valence-electron chi connectivity index (χ2n) is 4.10. The van der Waals surface area contributed by atoms with Crippen molar-refractivity contribution in [3.63, 3.8) is 0 Å². The predicted molar refractivity (Wildman–Crippen MR) is 84.2 cm³/mol. The van der Waals surface area contributed by atoms with Gasteiger partial charge in [-0.1, -0.05) is 11.6 Å². The highest BCUT2D eigenvalue weighted by molar-refractivity contribution is 9.10. The van der Waals surface area contributed by atoms with Crippen LogP contribution in [0.4, 0.5) is 21.7 Å². The van der Waals surface area contributed by atoms with E-state index in [1.807, 2.05) is 6.92 Å². The van der Waals surface area contributed by atoms with Crippen LogP contribution in [-0.4, -0.2) is 16.6 Å². The van der Waals surface area contributed by atoms with Crippen LogP contribution < -0.4 is 11.1 Å². The molecule has 0 saturated carbocycles. The molecule has 112 valence electrons. The van der Waals surface area contributed by atoms with Gasteiger partial charge in [-0.25, -0.2) is 14.4 Å². The van der Waals surface area contributed by atoms with Crippen LogP contribution >= 0.6 is 27.5 Å². The van der Waals surface area contributed by atoms with Crippen LogP contribution in [0.2, 0.25) is 5.02 Å². The van der Waals surface area contributed by atoms with E-state index in [9.17, 15) is 4.39 Å². The lowest BCUT2D eigenvalue weighted by molar-refractivity contribution is 0.128. The minimum Gasteiger partial charge on any atom is -0.384 e. The number of ether oxygens (including phenoxy) is 1. The maximum Gasteiger partial charge on any atom is 0.158 e. The first kappa shape index (κ1) is 15.9. The van der Waals surface area contributed by atoms with Gasteiger partial charge in [-0.05, 0) is 35.0 Å². The lowest BCUT2D eigenvalue weighted by Crippen LogP contribution is -2.05.